The minimum absolute atomic E-state index is 0.136. The highest BCUT2D eigenvalue weighted by Gasteiger charge is 2.04. The van der Waals surface area contributed by atoms with Crippen molar-refractivity contribution in [1.29, 1.82) is 5.26 Å². The summed E-state index contributed by atoms with van der Waals surface area (Å²) < 4.78 is 19.3. The Balaban J connectivity index is 1.98. The molecule has 3 nitrogen and oxygen atoms in total. The van der Waals surface area contributed by atoms with Gasteiger partial charge in [0, 0.05) is 17.8 Å². The number of nitrogens with zero attached hydrogens (tertiary/aromatic N) is 1. The summed E-state index contributed by atoms with van der Waals surface area (Å²) in [5.74, 6) is 0.432. The molecular weight excluding hydrogens is 267 g/mol. The van der Waals surface area contributed by atoms with E-state index in [-0.39, 0.29) is 11.9 Å². The zero-order chi connectivity index (χ0) is 15.2. The van der Waals surface area contributed by atoms with Crippen molar-refractivity contribution >= 4 is 5.69 Å². The van der Waals surface area contributed by atoms with Gasteiger partial charge in [-0.1, -0.05) is 6.07 Å². The molecule has 108 valence electrons. The average Bonchev–Trinajstić information content (AvgIpc) is 2.47. The van der Waals surface area contributed by atoms with Crippen molar-refractivity contribution in [1.82, 2.24) is 0 Å². The molecule has 0 spiro atoms. The Hall–Kier alpha value is -2.54. The molecule has 0 fully saturated rings. The van der Waals surface area contributed by atoms with E-state index < -0.39 is 0 Å². The maximum absolute atomic E-state index is 13.7. The Bertz CT molecular complexity index is 645. The first-order chi connectivity index (χ1) is 10.1. The Morgan fingerprint density at radius 2 is 1.90 bits per heavy atom. The fourth-order valence-electron chi connectivity index (χ4n) is 1.88. The Labute approximate surface area is 124 Å². The second-order valence-corrected chi connectivity index (χ2v) is 4.96. The smallest absolute Gasteiger partial charge is 0.129 e. The first kappa shape index (κ1) is 14.9. The number of hydrogen-bond acceptors (Lipinski definition) is 3. The van der Waals surface area contributed by atoms with E-state index in [4.69, 9.17) is 10.00 Å². The molecule has 2 rings (SSSR count). The molecule has 0 aliphatic carbocycles. The zero-order valence-electron chi connectivity index (χ0n) is 12.1. The van der Waals surface area contributed by atoms with Crippen LogP contribution in [0, 0.1) is 17.1 Å². The van der Waals surface area contributed by atoms with E-state index in [0.717, 1.165) is 11.4 Å². The largest absolute Gasteiger partial charge is 0.491 e. The van der Waals surface area contributed by atoms with Crippen molar-refractivity contribution in [3.8, 4) is 11.8 Å². The lowest BCUT2D eigenvalue weighted by Crippen LogP contribution is -2.05. The topological polar surface area (TPSA) is 45.0 Å². The van der Waals surface area contributed by atoms with Gasteiger partial charge in [0.2, 0.25) is 0 Å². The number of nitrogens with one attached hydrogen (secondary N) is 1. The lowest BCUT2D eigenvalue weighted by Gasteiger charge is -2.11. The summed E-state index contributed by atoms with van der Waals surface area (Å²) in [4.78, 5) is 0. The van der Waals surface area contributed by atoms with Crippen LogP contribution in [0.3, 0.4) is 0 Å². The number of benzene rings is 2. The summed E-state index contributed by atoms with van der Waals surface area (Å²) in [6.07, 6.45) is 0.136. The molecule has 0 atom stereocenters. The van der Waals surface area contributed by atoms with Gasteiger partial charge >= 0.3 is 0 Å². The number of ether oxygens (including phenoxy) is 1. The highest BCUT2D eigenvalue weighted by Crippen LogP contribution is 2.18. The molecule has 0 saturated heterocycles. The van der Waals surface area contributed by atoms with Crippen LogP contribution < -0.4 is 10.1 Å². The predicted octanol–water partition coefficient (Wildman–Crippen LogP) is 4.10. The number of rotatable bonds is 5. The fourth-order valence-corrected chi connectivity index (χ4v) is 1.88. The van der Waals surface area contributed by atoms with Gasteiger partial charge in [0.1, 0.15) is 11.6 Å². The summed E-state index contributed by atoms with van der Waals surface area (Å²) in [5.41, 5.74) is 1.73. The van der Waals surface area contributed by atoms with Gasteiger partial charge in [-0.3, -0.25) is 0 Å². The molecule has 21 heavy (non-hydrogen) atoms. The van der Waals surface area contributed by atoms with E-state index in [0.29, 0.717) is 17.7 Å². The molecule has 0 bridgehead atoms. The summed E-state index contributed by atoms with van der Waals surface area (Å²) in [6, 6.07) is 13.9. The number of nitriles is 1. The Morgan fingerprint density at radius 1 is 1.19 bits per heavy atom. The van der Waals surface area contributed by atoms with Crippen molar-refractivity contribution in [3.05, 3.63) is 59.4 Å². The summed E-state index contributed by atoms with van der Waals surface area (Å²) >= 11 is 0. The monoisotopic (exact) mass is 284 g/mol. The van der Waals surface area contributed by atoms with Crippen LogP contribution in [0.1, 0.15) is 25.0 Å². The third-order valence-electron chi connectivity index (χ3n) is 2.89. The normalized spacial score (nSPS) is 10.2. The molecule has 0 heterocycles. The summed E-state index contributed by atoms with van der Waals surface area (Å²) in [5, 5.41) is 11.8. The average molecular weight is 284 g/mol. The third-order valence-corrected chi connectivity index (χ3v) is 2.89. The fraction of sp³-hybridized carbons (Fsp3) is 0.235. The minimum atomic E-state index is -0.374. The minimum Gasteiger partial charge on any atom is -0.491 e. The van der Waals surface area contributed by atoms with E-state index in [1.165, 1.54) is 6.07 Å². The van der Waals surface area contributed by atoms with Crippen molar-refractivity contribution in [2.24, 2.45) is 0 Å². The Morgan fingerprint density at radius 3 is 2.48 bits per heavy atom. The molecule has 2 aromatic rings. The van der Waals surface area contributed by atoms with Gasteiger partial charge < -0.3 is 10.1 Å². The molecule has 0 aromatic heterocycles. The molecule has 2 aromatic carbocycles. The molecule has 0 radical (unpaired) electrons. The maximum atomic E-state index is 13.7. The van der Waals surface area contributed by atoms with Crippen LogP contribution in [-0.4, -0.2) is 6.10 Å². The molecular formula is C17H17FN2O. The lowest BCUT2D eigenvalue weighted by molar-refractivity contribution is 0.242. The maximum Gasteiger partial charge on any atom is 0.129 e. The van der Waals surface area contributed by atoms with Gasteiger partial charge in [-0.25, -0.2) is 4.39 Å². The first-order valence-corrected chi connectivity index (χ1v) is 6.77. The van der Waals surface area contributed by atoms with Gasteiger partial charge in [0.05, 0.1) is 17.7 Å². The van der Waals surface area contributed by atoms with Crippen molar-refractivity contribution in [2.45, 2.75) is 26.5 Å². The van der Waals surface area contributed by atoms with Crippen LogP contribution in [0.4, 0.5) is 10.1 Å². The van der Waals surface area contributed by atoms with Gasteiger partial charge in [-0.05, 0) is 50.2 Å². The van der Waals surface area contributed by atoms with E-state index in [2.05, 4.69) is 5.32 Å². The van der Waals surface area contributed by atoms with Crippen molar-refractivity contribution in [2.75, 3.05) is 5.32 Å². The SMILES string of the molecule is CC(C)Oc1ccc(NCc2ccc(C#N)cc2F)cc1. The van der Waals surface area contributed by atoms with Crippen LogP contribution in [-0.2, 0) is 6.54 Å². The van der Waals surface area contributed by atoms with Gasteiger partial charge in [0.25, 0.3) is 0 Å². The molecule has 0 aliphatic rings. The van der Waals surface area contributed by atoms with Crippen molar-refractivity contribution in [3.63, 3.8) is 0 Å². The predicted molar refractivity (Wildman–Crippen MR) is 80.6 cm³/mol. The second kappa shape index (κ2) is 6.76. The molecule has 4 heteroatoms. The highest BCUT2D eigenvalue weighted by molar-refractivity contribution is 5.47. The van der Waals surface area contributed by atoms with Crippen LogP contribution in [0.25, 0.3) is 0 Å². The molecule has 1 N–H and O–H groups in total. The lowest BCUT2D eigenvalue weighted by atomic mass is 10.1. The highest BCUT2D eigenvalue weighted by atomic mass is 19.1. The summed E-state index contributed by atoms with van der Waals surface area (Å²) in [7, 11) is 0. The molecule has 0 saturated carbocycles. The zero-order valence-corrected chi connectivity index (χ0v) is 12.1. The van der Waals surface area contributed by atoms with Gasteiger partial charge in [0.15, 0.2) is 0 Å². The molecule has 0 aliphatic heterocycles. The van der Waals surface area contributed by atoms with Crippen molar-refractivity contribution < 1.29 is 9.13 Å². The van der Waals surface area contributed by atoms with E-state index in [9.17, 15) is 4.39 Å². The van der Waals surface area contributed by atoms with Crippen LogP contribution in [0.2, 0.25) is 0 Å². The number of halogens is 1. The van der Waals surface area contributed by atoms with Gasteiger partial charge in [-0.15, -0.1) is 0 Å². The summed E-state index contributed by atoms with van der Waals surface area (Å²) in [6.45, 7) is 4.31. The van der Waals surface area contributed by atoms with Gasteiger partial charge in [-0.2, -0.15) is 5.26 Å². The first-order valence-electron chi connectivity index (χ1n) is 6.77. The number of hydrogen-bond donors (Lipinski definition) is 1. The van der Waals surface area contributed by atoms with Crippen LogP contribution in [0.5, 0.6) is 5.75 Å². The quantitative estimate of drug-likeness (QED) is 0.899. The molecule has 0 amide bonds. The van der Waals surface area contributed by atoms with E-state index in [1.807, 2.05) is 44.2 Å². The molecule has 0 unspecified atom stereocenters. The Kier molecular flexibility index (Phi) is 4.78. The van der Waals surface area contributed by atoms with E-state index >= 15 is 0 Å². The second-order valence-electron chi connectivity index (χ2n) is 4.96. The van der Waals surface area contributed by atoms with Crippen LogP contribution in [0.15, 0.2) is 42.5 Å². The van der Waals surface area contributed by atoms with Crippen LogP contribution >= 0.6 is 0 Å². The third kappa shape index (κ3) is 4.22. The standard InChI is InChI=1S/C17H17FN2O/c1-12(2)21-16-7-5-15(6-8-16)20-11-14-4-3-13(10-19)9-17(14)18/h3-9,12,20H,11H2,1-2H3. The van der Waals surface area contributed by atoms with E-state index in [1.54, 1.807) is 12.1 Å². The number of anilines is 1.